The largest absolute Gasteiger partial charge is 0.383 e. The third-order valence-corrected chi connectivity index (χ3v) is 3.14. The van der Waals surface area contributed by atoms with Gasteiger partial charge in [0, 0.05) is 7.11 Å². The number of thiazole rings is 1. The molecule has 0 radical (unpaired) electrons. The van der Waals surface area contributed by atoms with Crippen LogP contribution in [0, 0.1) is 0 Å². The van der Waals surface area contributed by atoms with Crippen molar-refractivity contribution in [1.29, 1.82) is 0 Å². The lowest BCUT2D eigenvalue weighted by Crippen LogP contribution is -2.15. The minimum absolute atomic E-state index is 0.114. The third-order valence-electron chi connectivity index (χ3n) is 1.97. The van der Waals surface area contributed by atoms with E-state index in [9.17, 15) is 0 Å². The number of ether oxygens (including phenoxy) is 1. The first-order valence-electron chi connectivity index (χ1n) is 4.41. The van der Waals surface area contributed by atoms with Gasteiger partial charge in [-0.3, -0.25) is 0 Å². The van der Waals surface area contributed by atoms with E-state index in [2.05, 4.69) is 11.1 Å². The highest BCUT2D eigenvalue weighted by Gasteiger charge is 2.10. The van der Waals surface area contributed by atoms with Crippen LogP contribution in [0.4, 0.5) is 0 Å². The second-order valence-electron chi connectivity index (χ2n) is 3.08. The van der Waals surface area contributed by atoms with Crippen molar-refractivity contribution in [2.75, 3.05) is 13.7 Å². The molecule has 2 N–H and O–H groups in total. The van der Waals surface area contributed by atoms with Crippen molar-refractivity contribution in [3.8, 4) is 0 Å². The van der Waals surface area contributed by atoms with Gasteiger partial charge in [0.15, 0.2) is 0 Å². The number of aromatic nitrogens is 1. The predicted octanol–water partition coefficient (Wildman–Crippen LogP) is 1.94. The first-order valence-corrected chi connectivity index (χ1v) is 5.23. The zero-order chi connectivity index (χ0) is 9.97. The van der Waals surface area contributed by atoms with Gasteiger partial charge in [-0.25, -0.2) is 4.98 Å². The Morgan fingerprint density at radius 3 is 3.00 bits per heavy atom. The van der Waals surface area contributed by atoms with E-state index in [1.54, 1.807) is 18.4 Å². The Bertz CT molecular complexity index is 394. The SMILES string of the molecule is COCC(N)c1nc2ccccc2s1. The Kier molecular flexibility index (Phi) is 2.77. The lowest BCUT2D eigenvalue weighted by molar-refractivity contribution is 0.181. The van der Waals surface area contributed by atoms with Gasteiger partial charge in [-0.05, 0) is 12.1 Å². The Morgan fingerprint density at radius 1 is 1.50 bits per heavy atom. The van der Waals surface area contributed by atoms with Gasteiger partial charge in [-0.15, -0.1) is 11.3 Å². The van der Waals surface area contributed by atoms with Crippen LogP contribution >= 0.6 is 11.3 Å². The first kappa shape index (κ1) is 9.58. The average Bonchev–Trinajstić information content (AvgIpc) is 2.61. The number of fused-ring (bicyclic) bond motifs is 1. The molecule has 0 saturated carbocycles. The molecule has 1 atom stereocenters. The molecular weight excluding hydrogens is 196 g/mol. The number of para-hydroxylation sites is 1. The number of hydrogen-bond acceptors (Lipinski definition) is 4. The minimum Gasteiger partial charge on any atom is -0.383 e. The van der Waals surface area contributed by atoms with Crippen molar-refractivity contribution in [3.63, 3.8) is 0 Å². The summed E-state index contributed by atoms with van der Waals surface area (Å²) >= 11 is 1.63. The van der Waals surface area contributed by atoms with Crippen LogP contribution in [0.15, 0.2) is 24.3 Å². The molecule has 0 amide bonds. The normalized spacial score (nSPS) is 13.3. The van der Waals surface area contributed by atoms with E-state index >= 15 is 0 Å². The van der Waals surface area contributed by atoms with Gasteiger partial charge in [-0.2, -0.15) is 0 Å². The molecule has 74 valence electrons. The number of methoxy groups -OCH3 is 1. The molecule has 0 spiro atoms. The molecule has 2 aromatic rings. The van der Waals surface area contributed by atoms with E-state index in [-0.39, 0.29) is 6.04 Å². The molecule has 2 rings (SSSR count). The number of nitrogens with two attached hydrogens (primary N) is 1. The van der Waals surface area contributed by atoms with E-state index < -0.39 is 0 Å². The molecule has 0 aliphatic rings. The maximum absolute atomic E-state index is 5.89. The van der Waals surface area contributed by atoms with Crippen molar-refractivity contribution in [2.45, 2.75) is 6.04 Å². The molecular formula is C10H12N2OS. The topological polar surface area (TPSA) is 48.1 Å². The van der Waals surface area contributed by atoms with Gasteiger partial charge in [0.05, 0.1) is 22.9 Å². The van der Waals surface area contributed by atoms with E-state index in [0.29, 0.717) is 6.61 Å². The monoisotopic (exact) mass is 208 g/mol. The molecule has 1 aromatic carbocycles. The maximum atomic E-state index is 5.89. The van der Waals surface area contributed by atoms with Crippen LogP contribution in [0.1, 0.15) is 11.0 Å². The Labute approximate surface area is 86.5 Å². The van der Waals surface area contributed by atoms with Gasteiger partial charge in [0.2, 0.25) is 0 Å². The second-order valence-corrected chi connectivity index (χ2v) is 4.14. The lowest BCUT2D eigenvalue weighted by atomic mass is 10.3. The third kappa shape index (κ3) is 1.77. The van der Waals surface area contributed by atoms with Gasteiger partial charge < -0.3 is 10.5 Å². The zero-order valence-electron chi connectivity index (χ0n) is 7.93. The van der Waals surface area contributed by atoms with Crippen molar-refractivity contribution >= 4 is 21.6 Å². The van der Waals surface area contributed by atoms with E-state index in [0.717, 1.165) is 10.5 Å². The average molecular weight is 208 g/mol. The van der Waals surface area contributed by atoms with Crippen molar-refractivity contribution in [2.24, 2.45) is 5.73 Å². The highest BCUT2D eigenvalue weighted by molar-refractivity contribution is 7.18. The summed E-state index contributed by atoms with van der Waals surface area (Å²) in [5.41, 5.74) is 6.91. The molecule has 1 heterocycles. The van der Waals surface area contributed by atoms with Crippen LogP contribution in [0.25, 0.3) is 10.2 Å². The molecule has 0 saturated heterocycles. The van der Waals surface area contributed by atoms with Crippen LogP contribution < -0.4 is 5.73 Å². The van der Waals surface area contributed by atoms with Gasteiger partial charge in [0.1, 0.15) is 5.01 Å². The van der Waals surface area contributed by atoms with E-state index in [1.807, 2.05) is 18.2 Å². The smallest absolute Gasteiger partial charge is 0.113 e. The molecule has 14 heavy (non-hydrogen) atoms. The number of hydrogen-bond donors (Lipinski definition) is 1. The number of rotatable bonds is 3. The summed E-state index contributed by atoms with van der Waals surface area (Å²) in [4.78, 5) is 4.44. The molecule has 1 aromatic heterocycles. The molecule has 0 aliphatic heterocycles. The summed E-state index contributed by atoms with van der Waals surface area (Å²) in [6.45, 7) is 0.514. The fourth-order valence-corrected chi connectivity index (χ4v) is 2.25. The Balaban J connectivity index is 2.35. The molecule has 0 bridgehead atoms. The van der Waals surface area contributed by atoms with Gasteiger partial charge in [-0.1, -0.05) is 12.1 Å². The molecule has 0 fully saturated rings. The highest BCUT2D eigenvalue weighted by atomic mass is 32.1. The summed E-state index contributed by atoms with van der Waals surface area (Å²) in [5.74, 6) is 0. The predicted molar refractivity (Wildman–Crippen MR) is 58.4 cm³/mol. The van der Waals surface area contributed by atoms with Crippen LogP contribution in [0.2, 0.25) is 0 Å². The van der Waals surface area contributed by atoms with Crippen molar-refractivity contribution in [1.82, 2.24) is 4.98 Å². The van der Waals surface area contributed by atoms with E-state index in [4.69, 9.17) is 10.5 Å². The maximum Gasteiger partial charge on any atom is 0.113 e. The lowest BCUT2D eigenvalue weighted by Gasteiger charge is -2.04. The van der Waals surface area contributed by atoms with Crippen LogP contribution in [0.5, 0.6) is 0 Å². The summed E-state index contributed by atoms with van der Waals surface area (Å²) in [6.07, 6.45) is 0. The van der Waals surface area contributed by atoms with Gasteiger partial charge in [0.25, 0.3) is 0 Å². The minimum atomic E-state index is -0.114. The first-order chi connectivity index (χ1) is 6.81. The summed E-state index contributed by atoms with van der Waals surface area (Å²) in [7, 11) is 1.65. The Morgan fingerprint density at radius 2 is 2.29 bits per heavy atom. The quantitative estimate of drug-likeness (QED) is 0.838. The van der Waals surface area contributed by atoms with Crippen molar-refractivity contribution in [3.05, 3.63) is 29.3 Å². The van der Waals surface area contributed by atoms with Gasteiger partial charge >= 0.3 is 0 Å². The molecule has 4 heteroatoms. The summed E-state index contributed by atoms with van der Waals surface area (Å²) in [5, 5.41) is 0.938. The van der Waals surface area contributed by atoms with Crippen molar-refractivity contribution < 1.29 is 4.74 Å². The summed E-state index contributed by atoms with van der Waals surface area (Å²) in [6, 6.07) is 7.92. The van der Waals surface area contributed by atoms with Crippen LogP contribution in [-0.2, 0) is 4.74 Å². The fraction of sp³-hybridized carbons (Fsp3) is 0.300. The highest BCUT2D eigenvalue weighted by Crippen LogP contribution is 2.25. The standard InChI is InChI=1S/C10H12N2OS/c1-13-6-7(11)10-12-8-4-2-3-5-9(8)14-10/h2-5,7H,6,11H2,1H3. The Hall–Kier alpha value is -0.970. The van der Waals surface area contributed by atoms with Crippen LogP contribution in [-0.4, -0.2) is 18.7 Å². The van der Waals surface area contributed by atoms with Crippen LogP contribution in [0.3, 0.4) is 0 Å². The number of nitrogens with zero attached hydrogens (tertiary/aromatic N) is 1. The molecule has 3 nitrogen and oxygen atoms in total. The summed E-state index contributed by atoms with van der Waals surface area (Å²) < 4.78 is 6.17. The molecule has 1 unspecified atom stereocenters. The van der Waals surface area contributed by atoms with E-state index in [1.165, 1.54) is 4.70 Å². The second kappa shape index (κ2) is 4.04. The fourth-order valence-electron chi connectivity index (χ4n) is 1.30. The molecule has 0 aliphatic carbocycles. The zero-order valence-corrected chi connectivity index (χ0v) is 8.75. The number of benzene rings is 1.